The van der Waals surface area contributed by atoms with Crippen molar-refractivity contribution in [1.29, 1.82) is 0 Å². The molecule has 2 aromatic carbocycles. The molecule has 0 aliphatic rings. The van der Waals surface area contributed by atoms with Crippen molar-refractivity contribution in [3.8, 4) is 0 Å². The van der Waals surface area contributed by atoms with Gasteiger partial charge in [-0.15, -0.1) is 0 Å². The standard InChI is InChI=1S/C19H22N2O3/c1-14(20-15(2)22)19(23)21-18-10-8-17(9-11-18)13-24-12-16-6-4-3-5-7-16/h3-11,14H,12-13H2,1-2H3,(H,20,22)(H,21,23)/t14-/m1/s1. The Kier molecular flexibility index (Phi) is 6.51. The van der Waals surface area contributed by atoms with Crippen LogP contribution in [0.1, 0.15) is 25.0 Å². The van der Waals surface area contributed by atoms with Gasteiger partial charge in [0.2, 0.25) is 11.8 Å². The molecule has 126 valence electrons. The summed E-state index contributed by atoms with van der Waals surface area (Å²) in [4.78, 5) is 22.9. The third-order valence-corrected chi connectivity index (χ3v) is 3.41. The molecule has 0 radical (unpaired) electrons. The van der Waals surface area contributed by atoms with Gasteiger partial charge in [0.1, 0.15) is 6.04 Å². The van der Waals surface area contributed by atoms with Crippen LogP contribution in [0.4, 0.5) is 5.69 Å². The van der Waals surface area contributed by atoms with Crippen molar-refractivity contribution in [2.45, 2.75) is 33.1 Å². The number of ether oxygens (including phenoxy) is 1. The molecule has 2 N–H and O–H groups in total. The quantitative estimate of drug-likeness (QED) is 0.822. The number of carbonyl (C=O) groups is 2. The highest BCUT2D eigenvalue weighted by molar-refractivity contribution is 5.96. The van der Waals surface area contributed by atoms with Crippen LogP contribution in [0.2, 0.25) is 0 Å². The van der Waals surface area contributed by atoms with E-state index in [1.54, 1.807) is 6.92 Å². The monoisotopic (exact) mass is 326 g/mol. The number of nitrogens with one attached hydrogen (secondary N) is 2. The molecule has 0 unspecified atom stereocenters. The lowest BCUT2D eigenvalue weighted by Crippen LogP contribution is -2.40. The first-order valence-corrected chi connectivity index (χ1v) is 7.83. The van der Waals surface area contributed by atoms with E-state index in [9.17, 15) is 9.59 Å². The first-order valence-electron chi connectivity index (χ1n) is 7.83. The Bertz CT molecular complexity index is 669. The van der Waals surface area contributed by atoms with Crippen molar-refractivity contribution in [3.05, 3.63) is 65.7 Å². The topological polar surface area (TPSA) is 67.4 Å². The largest absolute Gasteiger partial charge is 0.372 e. The average molecular weight is 326 g/mol. The second-order valence-electron chi connectivity index (χ2n) is 5.59. The lowest BCUT2D eigenvalue weighted by molar-refractivity contribution is -0.124. The fourth-order valence-electron chi connectivity index (χ4n) is 2.17. The molecule has 0 spiro atoms. The average Bonchev–Trinajstić information content (AvgIpc) is 2.57. The number of hydrogen-bond donors (Lipinski definition) is 2. The summed E-state index contributed by atoms with van der Waals surface area (Å²) in [6.07, 6.45) is 0. The first kappa shape index (κ1) is 17.7. The van der Waals surface area contributed by atoms with Gasteiger partial charge in [-0.2, -0.15) is 0 Å². The Morgan fingerprint density at radius 3 is 2.12 bits per heavy atom. The molecule has 0 saturated carbocycles. The molecule has 0 heterocycles. The zero-order valence-corrected chi connectivity index (χ0v) is 13.9. The lowest BCUT2D eigenvalue weighted by Gasteiger charge is -2.13. The minimum Gasteiger partial charge on any atom is -0.372 e. The summed E-state index contributed by atoms with van der Waals surface area (Å²) in [5, 5.41) is 5.31. The van der Waals surface area contributed by atoms with E-state index in [2.05, 4.69) is 10.6 Å². The molecule has 5 nitrogen and oxygen atoms in total. The van der Waals surface area contributed by atoms with E-state index < -0.39 is 6.04 Å². The van der Waals surface area contributed by atoms with Crippen LogP contribution in [-0.4, -0.2) is 17.9 Å². The first-order chi connectivity index (χ1) is 11.5. The third kappa shape index (κ3) is 5.85. The van der Waals surface area contributed by atoms with Crippen molar-refractivity contribution >= 4 is 17.5 Å². The van der Waals surface area contributed by atoms with Gasteiger partial charge >= 0.3 is 0 Å². The third-order valence-electron chi connectivity index (χ3n) is 3.41. The molecular formula is C19H22N2O3. The number of benzene rings is 2. The zero-order chi connectivity index (χ0) is 17.4. The minimum atomic E-state index is -0.573. The number of anilines is 1. The van der Waals surface area contributed by atoms with Crippen LogP contribution in [0.3, 0.4) is 0 Å². The van der Waals surface area contributed by atoms with Gasteiger partial charge in [-0.1, -0.05) is 42.5 Å². The van der Waals surface area contributed by atoms with E-state index in [1.807, 2.05) is 54.6 Å². The highest BCUT2D eigenvalue weighted by Crippen LogP contribution is 2.12. The molecule has 5 heteroatoms. The predicted molar refractivity (Wildman–Crippen MR) is 93.3 cm³/mol. The van der Waals surface area contributed by atoms with Crippen molar-refractivity contribution in [3.63, 3.8) is 0 Å². The summed E-state index contributed by atoms with van der Waals surface area (Å²) in [7, 11) is 0. The van der Waals surface area contributed by atoms with Crippen LogP contribution in [0.5, 0.6) is 0 Å². The van der Waals surface area contributed by atoms with E-state index in [4.69, 9.17) is 4.74 Å². The number of amides is 2. The summed E-state index contributed by atoms with van der Waals surface area (Å²) in [5.74, 6) is -0.484. The van der Waals surface area contributed by atoms with Gasteiger partial charge in [0.25, 0.3) is 0 Å². The molecule has 24 heavy (non-hydrogen) atoms. The van der Waals surface area contributed by atoms with Gasteiger partial charge in [-0.05, 0) is 30.2 Å². The van der Waals surface area contributed by atoms with Crippen LogP contribution >= 0.6 is 0 Å². The van der Waals surface area contributed by atoms with Crippen LogP contribution in [-0.2, 0) is 27.5 Å². The highest BCUT2D eigenvalue weighted by atomic mass is 16.5. The number of hydrogen-bond acceptors (Lipinski definition) is 3. The maximum Gasteiger partial charge on any atom is 0.246 e. The van der Waals surface area contributed by atoms with Crippen LogP contribution < -0.4 is 10.6 Å². The molecule has 0 aromatic heterocycles. The molecule has 0 aliphatic carbocycles. The molecule has 0 aliphatic heterocycles. The smallest absolute Gasteiger partial charge is 0.246 e. The summed E-state index contributed by atoms with van der Waals surface area (Å²) >= 11 is 0. The van der Waals surface area contributed by atoms with E-state index in [0.717, 1.165) is 11.1 Å². The van der Waals surface area contributed by atoms with Crippen LogP contribution in [0.15, 0.2) is 54.6 Å². The van der Waals surface area contributed by atoms with E-state index in [1.165, 1.54) is 6.92 Å². The Balaban J connectivity index is 1.80. The summed E-state index contributed by atoms with van der Waals surface area (Å²) in [6.45, 7) is 4.09. The maximum absolute atomic E-state index is 11.9. The van der Waals surface area contributed by atoms with Crippen molar-refractivity contribution in [2.24, 2.45) is 0 Å². The second kappa shape index (κ2) is 8.84. The van der Waals surface area contributed by atoms with E-state index in [-0.39, 0.29) is 11.8 Å². The molecule has 0 bridgehead atoms. The van der Waals surface area contributed by atoms with Gasteiger partial charge in [-0.3, -0.25) is 9.59 Å². The Hall–Kier alpha value is -2.66. The van der Waals surface area contributed by atoms with Crippen molar-refractivity contribution < 1.29 is 14.3 Å². The van der Waals surface area contributed by atoms with E-state index in [0.29, 0.717) is 18.9 Å². The Labute approximate surface area is 142 Å². The predicted octanol–water partition coefficient (Wildman–Crippen LogP) is 2.87. The Morgan fingerprint density at radius 2 is 1.54 bits per heavy atom. The highest BCUT2D eigenvalue weighted by Gasteiger charge is 2.13. The molecule has 2 amide bonds. The molecule has 0 fully saturated rings. The molecular weight excluding hydrogens is 304 g/mol. The molecule has 1 atom stereocenters. The second-order valence-corrected chi connectivity index (χ2v) is 5.59. The van der Waals surface area contributed by atoms with Crippen molar-refractivity contribution in [2.75, 3.05) is 5.32 Å². The fourth-order valence-corrected chi connectivity index (χ4v) is 2.17. The Morgan fingerprint density at radius 1 is 0.958 bits per heavy atom. The number of carbonyl (C=O) groups excluding carboxylic acids is 2. The van der Waals surface area contributed by atoms with Gasteiger partial charge in [0.15, 0.2) is 0 Å². The van der Waals surface area contributed by atoms with Gasteiger partial charge < -0.3 is 15.4 Å². The minimum absolute atomic E-state index is 0.233. The SMILES string of the molecule is CC(=O)N[C@H](C)C(=O)Nc1ccc(COCc2ccccc2)cc1. The number of rotatable bonds is 7. The molecule has 2 rings (SSSR count). The normalized spacial score (nSPS) is 11.6. The van der Waals surface area contributed by atoms with Gasteiger partial charge in [0.05, 0.1) is 13.2 Å². The van der Waals surface area contributed by atoms with Gasteiger partial charge in [0, 0.05) is 12.6 Å². The van der Waals surface area contributed by atoms with E-state index >= 15 is 0 Å². The zero-order valence-electron chi connectivity index (χ0n) is 13.9. The molecule has 2 aromatic rings. The summed E-state index contributed by atoms with van der Waals surface area (Å²) < 4.78 is 5.67. The van der Waals surface area contributed by atoms with Crippen molar-refractivity contribution in [1.82, 2.24) is 5.32 Å². The molecule has 0 saturated heterocycles. The lowest BCUT2D eigenvalue weighted by atomic mass is 10.2. The summed E-state index contributed by atoms with van der Waals surface area (Å²) in [6, 6.07) is 16.9. The fraction of sp³-hybridized carbons (Fsp3) is 0.263. The summed E-state index contributed by atoms with van der Waals surface area (Å²) in [5.41, 5.74) is 2.84. The van der Waals surface area contributed by atoms with Crippen LogP contribution in [0.25, 0.3) is 0 Å². The van der Waals surface area contributed by atoms with Crippen LogP contribution in [0, 0.1) is 0 Å². The van der Waals surface area contributed by atoms with Gasteiger partial charge in [-0.25, -0.2) is 0 Å². The maximum atomic E-state index is 11.9.